The van der Waals surface area contributed by atoms with E-state index in [-0.39, 0.29) is 11.6 Å². The van der Waals surface area contributed by atoms with Gasteiger partial charge in [0.1, 0.15) is 4.32 Å². The highest BCUT2D eigenvalue weighted by Crippen LogP contribution is 2.32. The van der Waals surface area contributed by atoms with Crippen LogP contribution in [0, 0.1) is 0 Å². The van der Waals surface area contributed by atoms with Crippen LogP contribution in [0.15, 0.2) is 27.9 Å². The van der Waals surface area contributed by atoms with E-state index < -0.39 is 0 Å². The number of thiocarbonyl (C=S) groups is 1. The summed E-state index contributed by atoms with van der Waals surface area (Å²) < 4.78 is 3.82. The summed E-state index contributed by atoms with van der Waals surface area (Å²) in [6, 6.07) is 5.73. The Morgan fingerprint density at radius 2 is 1.87 bits per heavy atom. The van der Waals surface area contributed by atoms with E-state index in [4.69, 9.17) is 12.2 Å². The Morgan fingerprint density at radius 3 is 2.57 bits per heavy atom. The third-order valence-electron chi connectivity index (χ3n) is 3.91. The van der Waals surface area contributed by atoms with E-state index in [0.717, 1.165) is 23.0 Å². The van der Waals surface area contributed by atoms with Crippen LogP contribution < -0.4 is 5.69 Å². The Labute approximate surface area is 143 Å². The van der Waals surface area contributed by atoms with Crippen molar-refractivity contribution in [3.05, 3.63) is 39.2 Å². The number of hydrogen-bond donors (Lipinski definition) is 0. The zero-order valence-electron chi connectivity index (χ0n) is 13.2. The van der Waals surface area contributed by atoms with Crippen LogP contribution in [0.4, 0.5) is 0 Å². The molecule has 0 atom stereocenters. The van der Waals surface area contributed by atoms with Crippen molar-refractivity contribution in [2.45, 2.75) is 13.3 Å². The molecule has 1 aromatic heterocycles. The number of hydrogen-bond acceptors (Lipinski definition) is 4. The Kier molecular flexibility index (Phi) is 4.16. The van der Waals surface area contributed by atoms with Gasteiger partial charge in [-0.05, 0) is 30.2 Å². The van der Waals surface area contributed by atoms with Gasteiger partial charge in [0, 0.05) is 20.6 Å². The van der Waals surface area contributed by atoms with Crippen molar-refractivity contribution in [2.24, 2.45) is 14.1 Å². The molecule has 0 unspecified atom stereocenters. The van der Waals surface area contributed by atoms with E-state index in [9.17, 15) is 9.59 Å². The van der Waals surface area contributed by atoms with Gasteiger partial charge in [0.2, 0.25) is 0 Å². The van der Waals surface area contributed by atoms with E-state index in [1.807, 2.05) is 31.2 Å². The minimum atomic E-state index is -0.0635. The average Bonchev–Trinajstić information content (AvgIpc) is 2.91. The van der Waals surface area contributed by atoms with Crippen molar-refractivity contribution >= 4 is 51.3 Å². The number of benzene rings is 1. The van der Waals surface area contributed by atoms with E-state index >= 15 is 0 Å². The molecule has 5 nitrogen and oxygen atoms in total. The lowest BCUT2D eigenvalue weighted by molar-refractivity contribution is -0.122. The van der Waals surface area contributed by atoms with Crippen molar-refractivity contribution in [1.82, 2.24) is 14.0 Å². The number of thioether (sulfide) groups is 1. The normalized spacial score (nSPS) is 17.0. The van der Waals surface area contributed by atoms with Crippen LogP contribution in [-0.2, 0) is 18.9 Å². The Morgan fingerprint density at radius 1 is 1.17 bits per heavy atom. The van der Waals surface area contributed by atoms with Gasteiger partial charge in [-0.3, -0.25) is 18.8 Å². The Bertz CT molecular complexity index is 908. The number of aryl methyl sites for hydroxylation is 2. The second kappa shape index (κ2) is 5.98. The van der Waals surface area contributed by atoms with Crippen LogP contribution in [0.1, 0.15) is 18.9 Å². The Hall–Kier alpha value is -1.86. The molecule has 1 saturated heterocycles. The number of carbonyl (C=O) groups excluding carboxylic acids is 1. The van der Waals surface area contributed by atoms with Gasteiger partial charge in [0.25, 0.3) is 5.91 Å². The lowest BCUT2D eigenvalue weighted by Crippen LogP contribution is -2.28. The summed E-state index contributed by atoms with van der Waals surface area (Å²) in [5, 5.41) is 0. The van der Waals surface area contributed by atoms with Crippen molar-refractivity contribution in [3.63, 3.8) is 0 Å². The highest BCUT2D eigenvalue weighted by Gasteiger charge is 2.31. The fourth-order valence-corrected chi connectivity index (χ4v) is 3.99. The first kappa shape index (κ1) is 16.0. The molecule has 0 radical (unpaired) electrons. The maximum absolute atomic E-state index is 12.4. The fraction of sp³-hybridized carbons (Fsp3) is 0.312. The van der Waals surface area contributed by atoms with Crippen molar-refractivity contribution in [1.29, 1.82) is 0 Å². The quantitative estimate of drug-likeness (QED) is 0.632. The molecule has 2 aromatic rings. The molecular formula is C16H17N3O2S2. The van der Waals surface area contributed by atoms with Crippen molar-refractivity contribution in [3.8, 4) is 0 Å². The van der Waals surface area contributed by atoms with Crippen molar-refractivity contribution < 1.29 is 4.79 Å². The van der Waals surface area contributed by atoms with Gasteiger partial charge in [-0.1, -0.05) is 37.0 Å². The van der Waals surface area contributed by atoms with Gasteiger partial charge < -0.3 is 0 Å². The molecule has 0 N–H and O–H groups in total. The van der Waals surface area contributed by atoms with E-state index in [2.05, 4.69) is 0 Å². The summed E-state index contributed by atoms with van der Waals surface area (Å²) in [4.78, 5) is 26.6. The smallest absolute Gasteiger partial charge is 0.295 e. The summed E-state index contributed by atoms with van der Waals surface area (Å²) in [6.45, 7) is 2.67. The Balaban J connectivity index is 2.02. The highest BCUT2D eigenvalue weighted by molar-refractivity contribution is 8.26. The zero-order valence-corrected chi connectivity index (χ0v) is 14.8. The number of imidazole rings is 1. The largest absolute Gasteiger partial charge is 0.328 e. The maximum Gasteiger partial charge on any atom is 0.328 e. The van der Waals surface area contributed by atoms with Gasteiger partial charge >= 0.3 is 5.69 Å². The van der Waals surface area contributed by atoms with Crippen molar-refractivity contribution in [2.75, 3.05) is 6.54 Å². The third kappa shape index (κ3) is 2.64. The summed E-state index contributed by atoms with van der Waals surface area (Å²) in [7, 11) is 3.50. The summed E-state index contributed by atoms with van der Waals surface area (Å²) in [6.07, 6.45) is 2.71. The molecule has 7 heteroatoms. The second-order valence-corrected chi connectivity index (χ2v) is 7.16. The molecule has 1 aromatic carbocycles. The molecule has 1 amide bonds. The van der Waals surface area contributed by atoms with Crippen LogP contribution in [0.2, 0.25) is 0 Å². The van der Waals surface area contributed by atoms with E-state index in [0.29, 0.717) is 15.8 Å². The maximum atomic E-state index is 12.4. The molecule has 1 aliphatic rings. The van der Waals surface area contributed by atoms with Gasteiger partial charge in [0.15, 0.2) is 0 Å². The molecule has 1 aliphatic heterocycles. The van der Waals surface area contributed by atoms with Gasteiger partial charge in [0.05, 0.1) is 15.9 Å². The molecule has 0 spiro atoms. The number of fused-ring (bicyclic) bond motifs is 1. The monoisotopic (exact) mass is 347 g/mol. The minimum Gasteiger partial charge on any atom is -0.295 e. The predicted molar refractivity (Wildman–Crippen MR) is 98.3 cm³/mol. The zero-order chi connectivity index (χ0) is 16.7. The molecule has 3 rings (SSSR count). The number of nitrogens with zero attached hydrogens (tertiary/aromatic N) is 3. The summed E-state index contributed by atoms with van der Waals surface area (Å²) in [5.41, 5.74) is 2.53. The standard InChI is InChI=1S/C16H17N3O2S2/c1-4-7-19-14(20)13(23-16(19)22)9-10-5-6-11-12(8-10)18(3)15(21)17(11)2/h5-6,8-9H,4,7H2,1-3H3/b13-9-. The van der Waals surface area contributed by atoms with Crippen LogP contribution in [0.5, 0.6) is 0 Å². The van der Waals surface area contributed by atoms with Crippen LogP contribution >= 0.6 is 24.0 Å². The highest BCUT2D eigenvalue weighted by atomic mass is 32.2. The first-order valence-corrected chi connectivity index (χ1v) is 8.57. The first-order valence-electron chi connectivity index (χ1n) is 7.35. The van der Waals surface area contributed by atoms with Gasteiger partial charge in [-0.15, -0.1) is 0 Å². The van der Waals surface area contributed by atoms with Crippen LogP contribution in [0.3, 0.4) is 0 Å². The van der Waals surface area contributed by atoms with Gasteiger partial charge in [-0.2, -0.15) is 0 Å². The third-order valence-corrected chi connectivity index (χ3v) is 5.29. The van der Waals surface area contributed by atoms with Gasteiger partial charge in [-0.25, -0.2) is 4.79 Å². The van der Waals surface area contributed by atoms with E-state index in [1.165, 1.54) is 11.8 Å². The molecular weight excluding hydrogens is 330 g/mol. The molecule has 2 heterocycles. The molecule has 0 saturated carbocycles. The molecule has 23 heavy (non-hydrogen) atoms. The molecule has 0 bridgehead atoms. The first-order chi connectivity index (χ1) is 10.9. The minimum absolute atomic E-state index is 0.0381. The fourth-order valence-electron chi connectivity index (χ4n) is 2.68. The lowest BCUT2D eigenvalue weighted by Gasteiger charge is -2.11. The lowest BCUT2D eigenvalue weighted by atomic mass is 10.2. The average molecular weight is 347 g/mol. The number of amides is 1. The van der Waals surface area contributed by atoms with E-state index in [1.54, 1.807) is 28.1 Å². The summed E-state index contributed by atoms with van der Waals surface area (Å²) in [5.74, 6) is -0.0381. The predicted octanol–water partition coefficient (Wildman–Crippen LogP) is 2.49. The number of rotatable bonds is 3. The molecule has 0 aliphatic carbocycles. The van der Waals surface area contributed by atoms with Crippen LogP contribution in [0.25, 0.3) is 17.1 Å². The topological polar surface area (TPSA) is 47.2 Å². The second-order valence-electron chi connectivity index (χ2n) is 5.48. The SMILES string of the molecule is CCCN1C(=O)/C(=C/c2ccc3c(c2)n(C)c(=O)n3C)SC1=S. The summed E-state index contributed by atoms with van der Waals surface area (Å²) >= 11 is 6.60. The van der Waals surface area contributed by atoms with Crippen LogP contribution in [-0.4, -0.2) is 30.8 Å². The number of aromatic nitrogens is 2. The number of carbonyl (C=O) groups is 1. The molecule has 120 valence electrons. The molecule has 1 fully saturated rings.